The smallest absolute Gasteiger partial charge is 0.443 e. The van der Waals surface area contributed by atoms with E-state index in [1.165, 1.54) is 22.9 Å². The summed E-state index contributed by atoms with van der Waals surface area (Å²) in [5.74, 6) is -1.30. The lowest BCUT2D eigenvalue weighted by molar-refractivity contribution is -0.389. The van der Waals surface area contributed by atoms with Crippen LogP contribution in [0.2, 0.25) is 0 Å². The minimum atomic E-state index is -4.80. The van der Waals surface area contributed by atoms with Crippen molar-refractivity contribution < 1.29 is 37.1 Å². The number of nitro groups is 1. The van der Waals surface area contributed by atoms with Gasteiger partial charge < -0.3 is 29.6 Å². The van der Waals surface area contributed by atoms with E-state index in [0.717, 1.165) is 12.1 Å². The number of carbonyl (C=O) groups is 1. The second-order valence-electron chi connectivity index (χ2n) is 5.66. The van der Waals surface area contributed by atoms with Crippen LogP contribution in [0.5, 0.6) is 11.8 Å². The number of rotatable bonds is 6. The third-order valence-electron chi connectivity index (χ3n) is 3.53. The van der Waals surface area contributed by atoms with E-state index >= 15 is 0 Å². The van der Waals surface area contributed by atoms with Crippen LogP contribution in [0.1, 0.15) is 0 Å². The van der Waals surface area contributed by atoms with Gasteiger partial charge in [0.25, 0.3) is 0 Å². The largest absolute Gasteiger partial charge is 0.573 e. The number of hydrogen-bond donors (Lipinski definition) is 1. The van der Waals surface area contributed by atoms with Gasteiger partial charge in [0, 0.05) is 10.7 Å². The zero-order valence-electron chi connectivity index (χ0n) is 14.0. The number of alkyl halides is 3. The number of hydrogen-bond acceptors (Lipinski definition) is 7. The van der Waals surface area contributed by atoms with Gasteiger partial charge in [-0.25, -0.2) is 0 Å². The molecule has 150 valence electrons. The summed E-state index contributed by atoms with van der Waals surface area (Å²) in [6.45, 7) is -0.0706. The fourth-order valence-corrected chi connectivity index (χ4v) is 2.39. The molecule has 1 aromatic carbocycles. The Morgan fingerprint density at radius 1 is 1.39 bits per heavy atom. The first-order valence-corrected chi connectivity index (χ1v) is 7.81. The first kappa shape index (κ1) is 19.4. The molecule has 1 unspecified atom stereocenters. The van der Waals surface area contributed by atoms with Gasteiger partial charge in [-0.05, 0) is 29.2 Å². The summed E-state index contributed by atoms with van der Waals surface area (Å²) in [5, 5.41) is 13.2. The Morgan fingerprint density at radius 3 is 2.75 bits per heavy atom. The average Bonchev–Trinajstić information content (AvgIpc) is 3.04. The number of amides is 1. The van der Waals surface area contributed by atoms with E-state index in [0.29, 0.717) is 0 Å². The second-order valence-corrected chi connectivity index (χ2v) is 5.66. The first-order chi connectivity index (χ1) is 13.2. The van der Waals surface area contributed by atoms with Crippen molar-refractivity contribution in [1.29, 1.82) is 0 Å². The minimum absolute atomic E-state index is 0.0604. The van der Waals surface area contributed by atoms with E-state index in [1.54, 1.807) is 0 Å². The van der Waals surface area contributed by atoms with Crippen LogP contribution in [0.15, 0.2) is 30.5 Å². The number of nitrogens with one attached hydrogen (secondary N) is 1. The van der Waals surface area contributed by atoms with Gasteiger partial charge in [0.1, 0.15) is 31.3 Å². The van der Waals surface area contributed by atoms with Crippen molar-refractivity contribution in [3.8, 4) is 11.8 Å². The molecule has 0 spiro atoms. The van der Waals surface area contributed by atoms with E-state index in [2.05, 4.69) is 15.0 Å². The van der Waals surface area contributed by atoms with E-state index in [9.17, 15) is 28.1 Å². The van der Waals surface area contributed by atoms with Crippen molar-refractivity contribution in [2.45, 2.75) is 19.0 Å². The maximum atomic E-state index is 12.1. The maximum Gasteiger partial charge on any atom is 0.573 e. The van der Waals surface area contributed by atoms with Gasteiger partial charge >= 0.3 is 18.2 Å². The molecule has 0 saturated heterocycles. The fraction of sp³-hybridized carbons (Fsp3) is 0.333. The third kappa shape index (κ3) is 5.09. The van der Waals surface area contributed by atoms with Crippen LogP contribution in [0.4, 0.5) is 24.7 Å². The molecule has 2 heterocycles. The molecular formula is C15H13F3N4O6. The van der Waals surface area contributed by atoms with Gasteiger partial charge in [0.2, 0.25) is 5.91 Å². The molecule has 28 heavy (non-hydrogen) atoms. The van der Waals surface area contributed by atoms with Crippen LogP contribution in [0.3, 0.4) is 0 Å². The standard InChI is InChI=1S/C15H13F3N4O6/c16-15(17,18)28-10-3-1-9(2-4-10)19-13(23)8-26-11-5-21-6-12(22(24)25)20-14(21)27-7-11/h1-4,6,11H,5,7-8H2,(H,19,23). The van der Waals surface area contributed by atoms with Gasteiger partial charge in [0.05, 0.1) is 6.54 Å². The third-order valence-corrected chi connectivity index (χ3v) is 3.53. The first-order valence-electron chi connectivity index (χ1n) is 7.81. The fourth-order valence-electron chi connectivity index (χ4n) is 2.39. The molecule has 3 rings (SSSR count). The quantitative estimate of drug-likeness (QED) is 0.581. The highest BCUT2D eigenvalue weighted by atomic mass is 19.4. The Balaban J connectivity index is 1.47. The molecule has 0 fully saturated rings. The Morgan fingerprint density at radius 2 is 2.11 bits per heavy atom. The van der Waals surface area contributed by atoms with Crippen LogP contribution >= 0.6 is 0 Å². The molecule has 10 nitrogen and oxygen atoms in total. The Labute approximate surface area is 155 Å². The number of benzene rings is 1. The Kier molecular flexibility index (Phi) is 5.35. The van der Waals surface area contributed by atoms with Gasteiger partial charge in [0.15, 0.2) is 0 Å². The van der Waals surface area contributed by atoms with E-state index in [-0.39, 0.29) is 37.3 Å². The number of ether oxygens (including phenoxy) is 3. The van der Waals surface area contributed by atoms with Crippen LogP contribution in [0.25, 0.3) is 0 Å². The summed E-state index contributed by atoms with van der Waals surface area (Å²) < 4.78 is 52.1. The number of fused-ring (bicyclic) bond motifs is 1. The van der Waals surface area contributed by atoms with Crippen molar-refractivity contribution >= 4 is 17.4 Å². The summed E-state index contributed by atoms with van der Waals surface area (Å²) in [6, 6.07) is 4.72. The molecule has 1 aromatic heterocycles. The highest BCUT2D eigenvalue weighted by molar-refractivity contribution is 5.91. The predicted octanol–water partition coefficient (Wildman–Crippen LogP) is 2.11. The number of imidazole rings is 1. The predicted molar refractivity (Wildman–Crippen MR) is 85.9 cm³/mol. The number of carbonyl (C=O) groups excluding carboxylic acids is 1. The minimum Gasteiger partial charge on any atom is -0.443 e. The molecule has 2 aromatic rings. The van der Waals surface area contributed by atoms with Crippen molar-refractivity contribution in [2.24, 2.45) is 0 Å². The molecule has 0 radical (unpaired) electrons. The Bertz CT molecular complexity index is 868. The summed E-state index contributed by atoms with van der Waals surface area (Å²) in [4.78, 5) is 25.7. The van der Waals surface area contributed by atoms with E-state index in [4.69, 9.17) is 9.47 Å². The van der Waals surface area contributed by atoms with Crippen molar-refractivity contribution in [3.05, 3.63) is 40.6 Å². The molecule has 0 bridgehead atoms. The van der Waals surface area contributed by atoms with E-state index < -0.39 is 29.0 Å². The number of aromatic nitrogens is 2. The number of halogens is 3. The van der Waals surface area contributed by atoms with Gasteiger partial charge in [-0.1, -0.05) is 0 Å². The molecule has 1 atom stereocenters. The van der Waals surface area contributed by atoms with Crippen molar-refractivity contribution in [3.63, 3.8) is 0 Å². The van der Waals surface area contributed by atoms with Crippen LogP contribution in [0, 0.1) is 10.1 Å². The lowest BCUT2D eigenvalue weighted by Crippen LogP contribution is -2.34. The second kappa shape index (κ2) is 7.72. The van der Waals surface area contributed by atoms with Crippen LogP contribution in [-0.4, -0.2) is 46.1 Å². The SMILES string of the molecule is O=C(COC1COc2nc([N+](=O)[O-])cn2C1)Nc1ccc(OC(F)(F)F)cc1. The number of nitrogens with zero attached hydrogens (tertiary/aromatic N) is 3. The zero-order chi connectivity index (χ0) is 20.3. The Hall–Kier alpha value is -3.35. The molecular weight excluding hydrogens is 389 g/mol. The maximum absolute atomic E-state index is 12.1. The summed E-state index contributed by atoms with van der Waals surface area (Å²) in [6.07, 6.45) is -4.12. The molecule has 1 aliphatic heterocycles. The lowest BCUT2D eigenvalue weighted by atomic mass is 10.3. The van der Waals surface area contributed by atoms with Gasteiger partial charge in [-0.3, -0.25) is 9.36 Å². The monoisotopic (exact) mass is 402 g/mol. The van der Waals surface area contributed by atoms with E-state index in [1.807, 2.05) is 0 Å². The molecule has 0 aliphatic carbocycles. The van der Waals surface area contributed by atoms with Gasteiger partial charge in [-0.15, -0.1) is 13.2 Å². The summed E-state index contributed by atoms with van der Waals surface area (Å²) in [5.41, 5.74) is 0.260. The normalized spacial score (nSPS) is 16.0. The van der Waals surface area contributed by atoms with Crippen molar-refractivity contribution in [1.82, 2.24) is 9.55 Å². The van der Waals surface area contributed by atoms with Gasteiger partial charge in [-0.2, -0.15) is 0 Å². The highest BCUT2D eigenvalue weighted by Gasteiger charge is 2.31. The lowest BCUT2D eigenvalue weighted by Gasteiger charge is -2.22. The highest BCUT2D eigenvalue weighted by Crippen LogP contribution is 2.24. The molecule has 1 amide bonds. The number of anilines is 1. The molecule has 13 heteroatoms. The molecule has 0 saturated carbocycles. The van der Waals surface area contributed by atoms with Crippen LogP contribution < -0.4 is 14.8 Å². The molecule has 1 aliphatic rings. The summed E-state index contributed by atoms with van der Waals surface area (Å²) >= 11 is 0. The zero-order valence-corrected chi connectivity index (χ0v) is 14.0. The average molecular weight is 402 g/mol. The van der Waals surface area contributed by atoms with Crippen LogP contribution in [-0.2, 0) is 16.1 Å². The molecule has 1 N–H and O–H groups in total. The summed E-state index contributed by atoms with van der Waals surface area (Å²) in [7, 11) is 0. The van der Waals surface area contributed by atoms with Crippen molar-refractivity contribution in [2.75, 3.05) is 18.5 Å². The topological polar surface area (TPSA) is 118 Å².